The fourth-order valence-corrected chi connectivity index (χ4v) is 6.22. The smallest absolute Gasteiger partial charge is 0.317 e. The van der Waals surface area contributed by atoms with Crippen molar-refractivity contribution in [3.05, 3.63) is 101 Å². The maximum absolute atomic E-state index is 13.6. The lowest BCUT2D eigenvalue weighted by Gasteiger charge is -2.29. The summed E-state index contributed by atoms with van der Waals surface area (Å²) in [4.78, 5) is 22.1. The molecule has 0 spiro atoms. The van der Waals surface area contributed by atoms with Crippen LogP contribution in [0.25, 0.3) is 11.0 Å². The van der Waals surface area contributed by atoms with Crippen LogP contribution in [0.4, 0.5) is 11.5 Å². The van der Waals surface area contributed by atoms with Crippen molar-refractivity contribution >= 4 is 71.6 Å². The van der Waals surface area contributed by atoms with E-state index in [0.29, 0.717) is 49.1 Å². The summed E-state index contributed by atoms with van der Waals surface area (Å²) in [7, 11) is -8.48. The number of fused-ring (bicyclic) bond motifs is 1. The average Bonchev–Trinajstić information content (AvgIpc) is 3.44. The second-order valence-corrected chi connectivity index (χ2v) is 16.3. The number of nitrogens with one attached hydrogen (secondary N) is 1. The van der Waals surface area contributed by atoms with E-state index in [0.717, 1.165) is 11.8 Å². The van der Waals surface area contributed by atoms with Crippen molar-refractivity contribution in [3.8, 4) is 11.5 Å². The number of carbonyl (C=O) groups is 1. The van der Waals surface area contributed by atoms with Crippen LogP contribution in [0.1, 0.15) is 19.4 Å². The number of amides is 1. The van der Waals surface area contributed by atoms with Crippen molar-refractivity contribution < 1.29 is 30.7 Å². The fraction of sp³-hybridized carbons (Fsp3) is 0.219. The highest BCUT2D eigenvalue weighted by Crippen LogP contribution is 2.34. The van der Waals surface area contributed by atoms with Crippen molar-refractivity contribution in [3.63, 3.8) is 0 Å². The number of nitrogens with zero attached hydrogens (tertiary/aromatic N) is 4. The van der Waals surface area contributed by atoms with Crippen LogP contribution in [0, 0.1) is 6.92 Å². The third-order valence-electron chi connectivity index (χ3n) is 7.48. The number of carbonyl (C=O) groups excluding carboxylic acids is 1. The van der Waals surface area contributed by atoms with Gasteiger partial charge in [-0.25, -0.2) is 23.4 Å². The first-order chi connectivity index (χ1) is 22.5. The standard InChI is InChI=1S/C32H31Cl2N5O7S2/c1-21-8-11-25(12-9-21)48(43,44)46-39(31(40)32(2,3)47(4,41)42)17-16-38-15-14-27-29(38)30(36-20-35-27)37-23-10-13-28(26(34)19-23)45-24-7-5-6-22(33)18-24/h5-15,18-20H,16-17H2,1-4H3,(H,35,36,37). The molecule has 16 heteroatoms. The Morgan fingerprint density at radius 2 is 1.71 bits per heavy atom. The Balaban J connectivity index is 1.41. The molecule has 0 bridgehead atoms. The molecule has 12 nitrogen and oxygen atoms in total. The van der Waals surface area contributed by atoms with E-state index in [1.807, 2.05) is 0 Å². The summed E-state index contributed by atoms with van der Waals surface area (Å²) in [6, 6.07) is 19.5. The maximum Gasteiger partial charge on any atom is 0.317 e. The van der Waals surface area contributed by atoms with E-state index in [2.05, 4.69) is 15.3 Å². The van der Waals surface area contributed by atoms with Gasteiger partial charge in [0.2, 0.25) is 0 Å². The number of ether oxygens (including phenoxy) is 1. The molecule has 5 aromatic rings. The molecule has 48 heavy (non-hydrogen) atoms. The van der Waals surface area contributed by atoms with Gasteiger partial charge in [-0.05, 0) is 75.4 Å². The molecule has 0 radical (unpaired) electrons. The summed E-state index contributed by atoms with van der Waals surface area (Å²) in [5.41, 5.74) is 2.45. The van der Waals surface area contributed by atoms with Crippen LogP contribution in [0.2, 0.25) is 10.0 Å². The topological polar surface area (TPSA) is 150 Å². The summed E-state index contributed by atoms with van der Waals surface area (Å²) in [6.45, 7) is 3.81. The molecule has 2 aromatic heterocycles. The van der Waals surface area contributed by atoms with E-state index in [1.54, 1.807) is 78.4 Å². The van der Waals surface area contributed by atoms with E-state index in [1.165, 1.54) is 32.3 Å². The molecular formula is C32H31Cl2N5O7S2. The minimum atomic E-state index is -4.50. The molecule has 0 fully saturated rings. The van der Waals surface area contributed by atoms with Crippen LogP contribution in [-0.4, -0.2) is 59.9 Å². The van der Waals surface area contributed by atoms with Gasteiger partial charge in [-0.2, -0.15) is 8.42 Å². The first-order valence-electron chi connectivity index (χ1n) is 14.4. The number of aromatic nitrogens is 3. The molecule has 0 aliphatic rings. The molecule has 2 heterocycles. The van der Waals surface area contributed by atoms with Gasteiger partial charge >= 0.3 is 10.1 Å². The predicted octanol–water partition coefficient (Wildman–Crippen LogP) is 6.55. The van der Waals surface area contributed by atoms with Gasteiger partial charge < -0.3 is 14.6 Å². The highest BCUT2D eigenvalue weighted by atomic mass is 35.5. The van der Waals surface area contributed by atoms with Crippen LogP contribution >= 0.6 is 23.2 Å². The second-order valence-electron chi connectivity index (χ2n) is 11.3. The lowest BCUT2D eigenvalue weighted by Crippen LogP contribution is -2.51. The molecule has 0 aliphatic heterocycles. The van der Waals surface area contributed by atoms with Gasteiger partial charge in [-0.3, -0.25) is 4.79 Å². The highest BCUT2D eigenvalue weighted by molar-refractivity contribution is 7.92. The minimum absolute atomic E-state index is 0.0201. The Hall–Kier alpha value is -4.21. The largest absolute Gasteiger partial charge is 0.456 e. The summed E-state index contributed by atoms with van der Waals surface area (Å²) >= 11 is 12.6. The fourth-order valence-electron chi connectivity index (χ4n) is 4.46. The van der Waals surface area contributed by atoms with Gasteiger partial charge in [0.25, 0.3) is 5.91 Å². The molecule has 1 N–H and O–H groups in total. The molecule has 252 valence electrons. The van der Waals surface area contributed by atoms with Gasteiger partial charge in [-0.1, -0.05) is 47.0 Å². The van der Waals surface area contributed by atoms with E-state index < -0.39 is 30.6 Å². The molecule has 5 rings (SSSR count). The Morgan fingerprint density at radius 1 is 0.979 bits per heavy atom. The van der Waals surface area contributed by atoms with Crippen molar-refractivity contribution in [2.24, 2.45) is 0 Å². The van der Waals surface area contributed by atoms with E-state index in [4.69, 9.17) is 32.2 Å². The Morgan fingerprint density at radius 3 is 2.38 bits per heavy atom. The quantitative estimate of drug-likeness (QED) is 0.140. The van der Waals surface area contributed by atoms with Gasteiger partial charge in [-0.15, -0.1) is 4.28 Å². The van der Waals surface area contributed by atoms with Crippen molar-refractivity contribution in [2.45, 2.75) is 37.0 Å². The van der Waals surface area contributed by atoms with E-state index in [9.17, 15) is 21.6 Å². The monoisotopic (exact) mass is 731 g/mol. The van der Waals surface area contributed by atoms with Gasteiger partial charge in [0.1, 0.15) is 28.1 Å². The lowest BCUT2D eigenvalue weighted by atomic mass is 10.2. The van der Waals surface area contributed by atoms with Gasteiger partial charge in [0.05, 0.1) is 22.0 Å². The molecular weight excluding hydrogens is 701 g/mol. The number of anilines is 2. The molecule has 0 saturated heterocycles. The molecule has 0 aliphatic carbocycles. The highest BCUT2D eigenvalue weighted by Gasteiger charge is 2.43. The van der Waals surface area contributed by atoms with Crippen LogP contribution in [0.3, 0.4) is 0 Å². The number of hydrogen-bond acceptors (Lipinski definition) is 10. The van der Waals surface area contributed by atoms with Crippen LogP contribution < -0.4 is 10.1 Å². The number of hydrogen-bond donors (Lipinski definition) is 1. The molecule has 3 aromatic carbocycles. The zero-order chi connectivity index (χ0) is 34.9. The lowest BCUT2D eigenvalue weighted by molar-refractivity contribution is -0.159. The first kappa shape index (κ1) is 35.1. The second kappa shape index (κ2) is 13.7. The molecule has 1 amide bonds. The first-order valence-corrected chi connectivity index (χ1v) is 18.4. The summed E-state index contributed by atoms with van der Waals surface area (Å²) in [5.74, 6) is 0.250. The Kier molecular flexibility index (Phi) is 10.0. The predicted molar refractivity (Wildman–Crippen MR) is 184 cm³/mol. The molecule has 0 unspecified atom stereocenters. The number of benzene rings is 3. The SMILES string of the molecule is Cc1ccc(S(=O)(=O)ON(CCn2ccc3ncnc(Nc4ccc(Oc5cccc(Cl)c5)c(Cl)c4)c32)C(=O)C(C)(C)S(C)(=O)=O)cc1. The number of halogens is 2. The average molecular weight is 733 g/mol. The minimum Gasteiger partial charge on any atom is -0.456 e. The third kappa shape index (κ3) is 7.74. The van der Waals surface area contributed by atoms with E-state index in [-0.39, 0.29) is 18.0 Å². The zero-order valence-electron chi connectivity index (χ0n) is 26.2. The van der Waals surface area contributed by atoms with Crippen molar-refractivity contribution in [1.29, 1.82) is 0 Å². The maximum atomic E-state index is 13.6. The number of hydroxylamine groups is 2. The Labute approximate surface area is 288 Å². The number of sulfone groups is 1. The van der Waals surface area contributed by atoms with Gasteiger partial charge in [0.15, 0.2) is 15.7 Å². The van der Waals surface area contributed by atoms with Crippen molar-refractivity contribution in [1.82, 2.24) is 19.6 Å². The summed E-state index contributed by atoms with van der Waals surface area (Å²) < 4.78 is 62.4. The zero-order valence-corrected chi connectivity index (χ0v) is 29.4. The van der Waals surface area contributed by atoms with Crippen LogP contribution in [-0.2, 0) is 35.6 Å². The number of rotatable bonds is 12. The van der Waals surface area contributed by atoms with Crippen molar-refractivity contribution in [2.75, 3.05) is 18.1 Å². The molecule has 0 atom stereocenters. The van der Waals surface area contributed by atoms with Crippen LogP contribution in [0.5, 0.6) is 11.5 Å². The normalized spacial score (nSPS) is 12.2. The molecule has 0 saturated carbocycles. The number of aryl methyl sites for hydroxylation is 1. The summed E-state index contributed by atoms with van der Waals surface area (Å²) in [5, 5.41) is 4.61. The third-order valence-corrected chi connectivity index (χ3v) is 11.3. The van der Waals surface area contributed by atoms with Gasteiger partial charge in [0, 0.05) is 29.7 Å². The summed E-state index contributed by atoms with van der Waals surface area (Å²) in [6.07, 6.45) is 3.95. The van der Waals surface area contributed by atoms with Crippen LogP contribution in [0.15, 0.2) is 90.2 Å². The Bertz CT molecular complexity index is 2210. The van der Waals surface area contributed by atoms with E-state index >= 15 is 0 Å².